The molecule has 3 nitrogen and oxygen atoms in total. The molecule has 0 spiro atoms. The van der Waals surface area contributed by atoms with Gasteiger partial charge in [0.05, 0.1) is 0 Å². The number of benzene rings is 2. The van der Waals surface area contributed by atoms with Crippen LogP contribution in [0.1, 0.15) is 88.7 Å². The minimum absolute atomic E-state index is 0.460. The molecule has 0 bridgehead atoms. The van der Waals surface area contributed by atoms with E-state index in [9.17, 15) is 14.4 Å². The Kier molecular flexibility index (Phi) is 10.1. The molecule has 0 aliphatic carbocycles. The lowest BCUT2D eigenvalue weighted by Crippen LogP contribution is -2.28. The smallest absolute Gasteiger partial charge is 0.324 e. The van der Waals surface area contributed by atoms with Crippen molar-refractivity contribution in [1.82, 2.24) is 0 Å². The molecule has 0 heterocycles. The Morgan fingerprint density at radius 2 is 1.03 bits per heavy atom. The monoisotopic (exact) mass is 416 g/mol. The molecule has 0 atom stereocenters. The maximum absolute atomic E-state index is 12.8. The van der Waals surface area contributed by atoms with Crippen LogP contribution in [0.3, 0.4) is 0 Å². The Morgan fingerprint density at radius 3 is 1.41 bits per heavy atom. The molecule has 160 valence electrons. The zero-order valence-corrected chi connectivity index (χ0v) is 18.7. The molecule has 29 heavy (non-hydrogen) atoms. The number of unbranched alkanes of at least 4 members (excludes halogenated alkanes) is 9. The van der Waals surface area contributed by atoms with Gasteiger partial charge in [0.15, 0.2) is 0 Å². The van der Waals surface area contributed by atoms with E-state index in [2.05, 4.69) is 6.92 Å². The summed E-state index contributed by atoms with van der Waals surface area (Å²) in [7, 11) is -4.43. The molecule has 2 aromatic rings. The van der Waals surface area contributed by atoms with Gasteiger partial charge in [-0.05, 0) is 17.5 Å². The fourth-order valence-corrected chi connectivity index (χ4v) is 5.65. The molecule has 2 rings (SSSR count). The molecule has 0 unspecified atom stereocenters. The van der Waals surface area contributed by atoms with E-state index in [0.29, 0.717) is 17.5 Å². The number of hydrogen-bond acceptors (Lipinski definition) is 1. The molecule has 0 aliphatic rings. The molecule has 0 saturated carbocycles. The molecule has 0 aromatic heterocycles. The van der Waals surface area contributed by atoms with Crippen LogP contribution < -0.4 is 0 Å². The molecule has 4 heteroatoms. The maximum Gasteiger partial charge on any atom is 0.340 e. The molecule has 2 aromatic carbocycles. The van der Waals surface area contributed by atoms with Crippen LogP contribution in [0.15, 0.2) is 60.7 Å². The third-order valence-corrected chi connectivity index (χ3v) is 7.63. The van der Waals surface area contributed by atoms with Gasteiger partial charge in [-0.15, -0.1) is 0 Å². The molecule has 2 N–H and O–H groups in total. The van der Waals surface area contributed by atoms with Crippen molar-refractivity contribution in [2.24, 2.45) is 0 Å². The van der Waals surface area contributed by atoms with E-state index in [-0.39, 0.29) is 0 Å². The van der Waals surface area contributed by atoms with E-state index in [4.69, 9.17) is 0 Å². The second kappa shape index (κ2) is 12.3. The molecule has 0 aliphatic heterocycles. The van der Waals surface area contributed by atoms with Gasteiger partial charge in [-0.1, -0.05) is 132 Å². The standard InChI is InChI=1S/C25H37O3P/c1-2-3-4-5-6-7-8-9-10-17-22-25(29(26,27)28,23-18-13-11-14-19-23)24-20-15-12-16-21-24/h11-16,18-21H,2-10,17,22H2,1H3,(H2,26,27,28). The Hall–Kier alpha value is -1.41. The average Bonchev–Trinajstić information content (AvgIpc) is 2.72. The normalized spacial score (nSPS) is 12.2. The lowest BCUT2D eigenvalue weighted by molar-refractivity contribution is 0.329. The van der Waals surface area contributed by atoms with Crippen molar-refractivity contribution in [3.05, 3.63) is 71.8 Å². The van der Waals surface area contributed by atoms with Crippen molar-refractivity contribution < 1.29 is 14.4 Å². The maximum atomic E-state index is 12.8. The summed E-state index contributed by atoms with van der Waals surface area (Å²) in [5.41, 5.74) is 1.41. The third-order valence-electron chi connectivity index (χ3n) is 5.89. The number of hydrogen-bond donors (Lipinski definition) is 2. The highest BCUT2D eigenvalue weighted by Gasteiger charge is 2.49. The van der Waals surface area contributed by atoms with Crippen molar-refractivity contribution >= 4 is 7.60 Å². The van der Waals surface area contributed by atoms with E-state index in [1.54, 1.807) is 0 Å². The first-order chi connectivity index (χ1) is 14.0. The largest absolute Gasteiger partial charge is 0.340 e. The van der Waals surface area contributed by atoms with Crippen LogP contribution in [0.5, 0.6) is 0 Å². The minimum Gasteiger partial charge on any atom is -0.324 e. The van der Waals surface area contributed by atoms with E-state index >= 15 is 0 Å². The van der Waals surface area contributed by atoms with E-state index < -0.39 is 12.8 Å². The zero-order chi connectivity index (χ0) is 21.0. The SMILES string of the molecule is CCCCCCCCCCCCC(c1ccccc1)(c1ccccc1)P(=O)(O)O. The number of rotatable bonds is 14. The topological polar surface area (TPSA) is 57.5 Å². The fourth-order valence-electron chi connectivity index (χ4n) is 4.23. The molecular formula is C25H37O3P. The molecule has 0 amide bonds. The van der Waals surface area contributed by atoms with Crippen molar-refractivity contribution in [3.8, 4) is 0 Å². The summed E-state index contributed by atoms with van der Waals surface area (Å²) in [4.78, 5) is 21.0. The summed E-state index contributed by atoms with van der Waals surface area (Å²) in [5, 5.41) is -1.27. The van der Waals surface area contributed by atoms with E-state index in [0.717, 1.165) is 19.3 Å². The molecular weight excluding hydrogens is 379 g/mol. The first-order valence-corrected chi connectivity index (χ1v) is 12.8. The summed E-state index contributed by atoms with van der Waals surface area (Å²) >= 11 is 0. The van der Waals surface area contributed by atoms with Gasteiger partial charge in [0.25, 0.3) is 0 Å². The Morgan fingerprint density at radius 1 is 0.655 bits per heavy atom. The Labute approximate surface area is 176 Å². The average molecular weight is 417 g/mol. The second-order valence-corrected chi connectivity index (χ2v) is 9.92. The minimum atomic E-state index is -4.43. The summed E-state index contributed by atoms with van der Waals surface area (Å²) in [6, 6.07) is 18.6. The Bertz CT molecular complexity index is 685. The highest BCUT2D eigenvalue weighted by atomic mass is 31.2. The van der Waals surface area contributed by atoms with Crippen molar-refractivity contribution in [2.75, 3.05) is 0 Å². The predicted molar refractivity (Wildman–Crippen MR) is 122 cm³/mol. The first kappa shape index (κ1) is 23.9. The van der Waals surface area contributed by atoms with Gasteiger partial charge in [0.1, 0.15) is 5.16 Å². The Balaban J connectivity index is 2.01. The lowest BCUT2D eigenvalue weighted by atomic mass is 9.85. The second-order valence-electron chi connectivity index (χ2n) is 8.07. The first-order valence-electron chi connectivity index (χ1n) is 11.2. The van der Waals surface area contributed by atoms with Crippen LogP contribution in [0.2, 0.25) is 0 Å². The molecule has 0 radical (unpaired) electrons. The van der Waals surface area contributed by atoms with Crippen LogP contribution in [-0.4, -0.2) is 9.79 Å². The van der Waals surface area contributed by atoms with Gasteiger partial charge < -0.3 is 9.79 Å². The van der Waals surface area contributed by atoms with Gasteiger partial charge in [0.2, 0.25) is 0 Å². The van der Waals surface area contributed by atoms with Gasteiger partial charge >= 0.3 is 7.60 Å². The zero-order valence-electron chi connectivity index (χ0n) is 17.8. The van der Waals surface area contributed by atoms with E-state index in [1.807, 2.05) is 60.7 Å². The van der Waals surface area contributed by atoms with Crippen molar-refractivity contribution in [1.29, 1.82) is 0 Å². The van der Waals surface area contributed by atoms with Gasteiger partial charge in [-0.25, -0.2) is 0 Å². The van der Waals surface area contributed by atoms with Crippen molar-refractivity contribution in [2.45, 2.75) is 82.7 Å². The van der Waals surface area contributed by atoms with Crippen LogP contribution in [0, 0.1) is 0 Å². The molecule has 0 saturated heterocycles. The van der Waals surface area contributed by atoms with E-state index in [1.165, 1.54) is 44.9 Å². The predicted octanol–water partition coefficient (Wildman–Crippen LogP) is 7.42. The van der Waals surface area contributed by atoms with Gasteiger partial charge in [-0.2, -0.15) is 0 Å². The van der Waals surface area contributed by atoms with Crippen LogP contribution >= 0.6 is 7.60 Å². The highest BCUT2D eigenvalue weighted by Crippen LogP contribution is 2.63. The van der Waals surface area contributed by atoms with Gasteiger partial charge in [-0.3, -0.25) is 4.57 Å². The summed E-state index contributed by atoms with van der Waals surface area (Å²) in [6.07, 6.45) is 12.5. The molecule has 0 fully saturated rings. The quantitative estimate of drug-likeness (QED) is 0.249. The highest BCUT2D eigenvalue weighted by molar-refractivity contribution is 7.53. The summed E-state index contributed by atoms with van der Waals surface area (Å²) in [5.74, 6) is 0. The lowest BCUT2D eigenvalue weighted by Gasteiger charge is -2.35. The van der Waals surface area contributed by atoms with Gasteiger partial charge in [0, 0.05) is 0 Å². The summed E-state index contributed by atoms with van der Waals surface area (Å²) < 4.78 is 12.8. The van der Waals surface area contributed by atoms with Crippen LogP contribution in [0.25, 0.3) is 0 Å². The van der Waals surface area contributed by atoms with Crippen LogP contribution in [-0.2, 0) is 9.72 Å². The van der Waals surface area contributed by atoms with Crippen LogP contribution in [0.4, 0.5) is 0 Å². The fraction of sp³-hybridized carbons (Fsp3) is 0.520. The van der Waals surface area contributed by atoms with Crippen molar-refractivity contribution in [3.63, 3.8) is 0 Å². The summed E-state index contributed by atoms with van der Waals surface area (Å²) in [6.45, 7) is 2.24. The third kappa shape index (κ3) is 6.81.